The number of rotatable bonds is 6. The highest BCUT2D eigenvalue weighted by atomic mass is 79.9. The summed E-state index contributed by atoms with van der Waals surface area (Å²) in [6.07, 6.45) is 0. The fraction of sp³-hybridized carbons (Fsp3) is 0.138. The van der Waals surface area contributed by atoms with E-state index in [0.717, 1.165) is 27.8 Å². The summed E-state index contributed by atoms with van der Waals surface area (Å²) in [7, 11) is 0. The highest BCUT2D eigenvalue weighted by Gasteiger charge is 2.17. The summed E-state index contributed by atoms with van der Waals surface area (Å²) in [6.45, 7) is 4.12. The van der Waals surface area contributed by atoms with Crippen LogP contribution in [-0.2, 0) is 19.6 Å². The van der Waals surface area contributed by atoms with E-state index < -0.39 is 0 Å². The van der Waals surface area contributed by atoms with Crippen LogP contribution in [0.3, 0.4) is 0 Å². The maximum atomic E-state index is 13.4. The van der Waals surface area contributed by atoms with Gasteiger partial charge in [-0.2, -0.15) is 0 Å². The molecule has 4 aromatic carbocycles. The number of nitrogens with one attached hydrogen (secondary N) is 1. The lowest BCUT2D eigenvalue weighted by Gasteiger charge is -2.24. The molecule has 1 heterocycles. The average Bonchev–Trinajstić information content (AvgIpc) is 3.18. The Hall–Kier alpha value is -3.57. The monoisotopic (exact) mass is 511 g/mol. The second-order valence-electron chi connectivity index (χ2n) is 8.36. The summed E-state index contributed by atoms with van der Waals surface area (Å²) >= 11 is 3.53. The Balaban J connectivity index is 1.49. The first-order valence-corrected chi connectivity index (χ1v) is 12.3. The van der Waals surface area contributed by atoms with Crippen LogP contribution in [0.4, 0.5) is 10.5 Å². The van der Waals surface area contributed by atoms with Crippen LogP contribution in [0.15, 0.2) is 102 Å². The van der Waals surface area contributed by atoms with E-state index in [9.17, 15) is 4.79 Å². The summed E-state index contributed by atoms with van der Waals surface area (Å²) in [5.74, 6) is 0. The number of halogens is 1. The van der Waals surface area contributed by atoms with Gasteiger partial charge in [0, 0.05) is 45.9 Å². The Labute approximate surface area is 207 Å². The first kappa shape index (κ1) is 22.2. The number of hydrogen-bond donors (Lipinski definition) is 1. The van der Waals surface area contributed by atoms with Gasteiger partial charge >= 0.3 is 6.03 Å². The molecule has 0 aliphatic rings. The van der Waals surface area contributed by atoms with E-state index in [2.05, 4.69) is 87.3 Å². The Morgan fingerprint density at radius 1 is 0.794 bits per heavy atom. The van der Waals surface area contributed by atoms with Gasteiger partial charge in [-0.25, -0.2) is 4.79 Å². The highest BCUT2D eigenvalue weighted by Crippen LogP contribution is 2.30. The Morgan fingerprint density at radius 2 is 1.47 bits per heavy atom. The fourth-order valence-electron chi connectivity index (χ4n) is 4.52. The number of nitrogens with zero attached hydrogens (tertiary/aromatic N) is 2. The van der Waals surface area contributed by atoms with Gasteiger partial charge in [0.2, 0.25) is 0 Å². The molecular weight excluding hydrogens is 486 g/mol. The summed E-state index contributed by atoms with van der Waals surface area (Å²) in [4.78, 5) is 15.2. The van der Waals surface area contributed by atoms with Crippen molar-refractivity contribution in [3.63, 3.8) is 0 Å². The zero-order valence-corrected chi connectivity index (χ0v) is 20.6. The molecule has 0 bridgehead atoms. The molecule has 0 atom stereocenters. The van der Waals surface area contributed by atoms with Crippen LogP contribution in [0.5, 0.6) is 0 Å². The highest BCUT2D eigenvalue weighted by molar-refractivity contribution is 9.10. The number of urea groups is 1. The van der Waals surface area contributed by atoms with Crippen molar-refractivity contribution in [1.82, 2.24) is 9.47 Å². The molecule has 4 nitrogen and oxygen atoms in total. The van der Waals surface area contributed by atoms with Gasteiger partial charge in [0.25, 0.3) is 0 Å². The molecule has 0 aliphatic heterocycles. The quantitative estimate of drug-likeness (QED) is 0.248. The topological polar surface area (TPSA) is 37.3 Å². The van der Waals surface area contributed by atoms with Crippen LogP contribution < -0.4 is 5.32 Å². The number of fused-ring (bicyclic) bond motifs is 3. The lowest BCUT2D eigenvalue weighted by Crippen LogP contribution is -2.34. The van der Waals surface area contributed by atoms with E-state index in [-0.39, 0.29) is 6.03 Å². The lowest BCUT2D eigenvalue weighted by atomic mass is 10.1. The minimum atomic E-state index is -0.133. The third-order valence-corrected chi connectivity index (χ3v) is 6.84. The molecule has 0 saturated heterocycles. The number of carbonyl (C=O) groups excluding carboxylic acids is 1. The summed E-state index contributed by atoms with van der Waals surface area (Å²) in [6, 6.07) is 32.7. The molecule has 34 heavy (non-hydrogen) atoms. The molecule has 0 fully saturated rings. The van der Waals surface area contributed by atoms with Crippen molar-refractivity contribution in [3.8, 4) is 0 Å². The van der Waals surface area contributed by atoms with Crippen LogP contribution in [0.25, 0.3) is 21.8 Å². The number of hydrogen-bond acceptors (Lipinski definition) is 1. The molecule has 2 amide bonds. The molecule has 170 valence electrons. The van der Waals surface area contributed by atoms with Crippen LogP contribution in [-0.4, -0.2) is 15.5 Å². The molecule has 1 aromatic heterocycles. The van der Waals surface area contributed by atoms with E-state index in [1.807, 2.05) is 47.4 Å². The number of amides is 2. The Kier molecular flexibility index (Phi) is 6.37. The maximum Gasteiger partial charge on any atom is 0.322 e. The van der Waals surface area contributed by atoms with Gasteiger partial charge in [0.05, 0.1) is 5.69 Å². The number of benzene rings is 4. The average molecular weight is 512 g/mol. The molecule has 5 heteroatoms. The number of aromatic nitrogens is 1. The Bertz CT molecular complexity index is 1460. The van der Waals surface area contributed by atoms with Crippen LogP contribution >= 0.6 is 15.9 Å². The van der Waals surface area contributed by atoms with Gasteiger partial charge in [-0.15, -0.1) is 0 Å². The van der Waals surface area contributed by atoms with E-state index in [0.29, 0.717) is 13.1 Å². The van der Waals surface area contributed by atoms with Gasteiger partial charge in [0.15, 0.2) is 0 Å². The lowest BCUT2D eigenvalue weighted by molar-refractivity contribution is 0.206. The number of anilines is 1. The normalized spacial score (nSPS) is 11.1. The summed E-state index contributed by atoms with van der Waals surface area (Å²) in [5, 5.41) is 5.53. The van der Waals surface area contributed by atoms with E-state index in [4.69, 9.17) is 0 Å². The van der Waals surface area contributed by atoms with Crippen molar-refractivity contribution in [2.45, 2.75) is 26.6 Å². The number of para-hydroxylation sites is 2. The predicted octanol–water partition coefficient (Wildman–Crippen LogP) is 7.81. The van der Waals surface area contributed by atoms with Crippen LogP contribution in [0, 0.1) is 0 Å². The van der Waals surface area contributed by atoms with Crippen molar-refractivity contribution in [2.75, 3.05) is 5.32 Å². The zero-order chi connectivity index (χ0) is 23.5. The van der Waals surface area contributed by atoms with Crippen LogP contribution in [0.1, 0.15) is 18.1 Å². The first-order valence-electron chi connectivity index (χ1n) is 11.5. The summed E-state index contributed by atoms with van der Waals surface area (Å²) in [5.41, 5.74) is 5.41. The number of carbonyl (C=O) groups is 1. The van der Waals surface area contributed by atoms with Gasteiger partial charge in [0.1, 0.15) is 0 Å². The molecule has 0 saturated carbocycles. The summed E-state index contributed by atoms with van der Waals surface area (Å²) < 4.78 is 3.20. The third-order valence-electron chi connectivity index (χ3n) is 6.15. The molecular formula is C29H26BrN3O. The van der Waals surface area contributed by atoms with Gasteiger partial charge in [-0.3, -0.25) is 0 Å². The van der Waals surface area contributed by atoms with Crippen molar-refractivity contribution in [1.29, 1.82) is 0 Å². The number of aryl methyl sites for hydroxylation is 1. The van der Waals surface area contributed by atoms with E-state index in [1.165, 1.54) is 21.8 Å². The standard InChI is InChI=1S/C29H26BrN3O/c1-2-33-27-15-9-6-12-23(27)24-18-22(16-17-28(24)33)20-32(19-21-10-4-3-5-11-21)29(34)31-26-14-8-7-13-25(26)30/h3-18H,2,19-20H2,1H3,(H,31,34). The largest absolute Gasteiger partial charge is 0.341 e. The first-order chi connectivity index (χ1) is 16.6. The second kappa shape index (κ2) is 9.74. The van der Waals surface area contributed by atoms with Crippen molar-refractivity contribution in [3.05, 3.63) is 113 Å². The smallest absolute Gasteiger partial charge is 0.322 e. The third kappa shape index (κ3) is 4.44. The van der Waals surface area contributed by atoms with E-state index in [1.54, 1.807) is 0 Å². The molecule has 0 unspecified atom stereocenters. The SMILES string of the molecule is CCn1c2ccccc2c2cc(CN(Cc3ccccc3)C(=O)Nc3ccccc3Br)ccc21. The Morgan fingerprint density at radius 3 is 2.26 bits per heavy atom. The molecule has 0 aliphatic carbocycles. The van der Waals surface area contributed by atoms with E-state index >= 15 is 0 Å². The van der Waals surface area contributed by atoms with Crippen molar-refractivity contribution in [2.24, 2.45) is 0 Å². The molecule has 0 radical (unpaired) electrons. The van der Waals surface area contributed by atoms with Crippen molar-refractivity contribution >= 4 is 49.5 Å². The molecule has 1 N–H and O–H groups in total. The predicted molar refractivity (Wildman–Crippen MR) is 144 cm³/mol. The van der Waals surface area contributed by atoms with Crippen molar-refractivity contribution < 1.29 is 4.79 Å². The molecule has 5 aromatic rings. The maximum absolute atomic E-state index is 13.4. The van der Waals surface area contributed by atoms with Gasteiger partial charge in [-0.1, -0.05) is 66.7 Å². The zero-order valence-electron chi connectivity index (χ0n) is 19.0. The van der Waals surface area contributed by atoms with Gasteiger partial charge < -0.3 is 14.8 Å². The minimum Gasteiger partial charge on any atom is -0.341 e. The fourth-order valence-corrected chi connectivity index (χ4v) is 4.90. The van der Waals surface area contributed by atoms with Crippen LogP contribution in [0.2, 0.25) is 0 Å². The van der Waals surface area contributed by atoms with Gasteiger partial charge in [-0.05, 0) is 64.3 Å². The molecule has 0 spiro atoms. The minimum absolute atomic E-state index is 0.133. The second-order valence-corrected chi connectivity index (χ2v) is 9.22. The molecule has 5 rings (SSSR count).